The molecule has 1 rings (SSSR count). The fourth-order valence-electron chi connectivity index (χ4n) is 2.48. The fourth-order valence-corrected chi connectivity index (χ4v) is 2.48. The molecule has 0 unspecified atom stereocenters. The Balaban J connectivity index is 2.51. The molecule has 1 aliphatic rings. The largest absolute Gasteiger partial charge is 0.390 e. The number of alkyl halides is 3. The maximum atomic E-state index is 12.2. The Labute approximate surface area is 95.0 Å². The molecular weight excluding hydrogens is 217 g/mol. The van der Waals surface area contributed by atoms with Gasteiger partial charge in [-0.3, -0.25) is 4.90 Å². The first-order valence-electron chi connectivity index (χ1n) is 5.88. The van der Waals surface area contributed by atoms with E-state index >= 15 is 0 Å². The Morgan fingerprint density at radius 2 is 1.75 bits per heavy atom. The molecule has 0 saturated heterocycles. The van der Waals surface area contributed by atoms with Crippen LogP contribution in [0.5, 0.6) is 0 Å². The first-order valence-corrected chi connectivity index (χ1v) is 5.88. The van der Waals surface area contributed by atoms with Crippen LogP contribution in [0.3, 0.4) is 0 Å². The number of nitrogens with two attached hydrogens (primary N) is 1. The number of rotatable bonds is 4. The predicted molar refractivity (Wildman–Crippen MR) is 58.2 cm³/mol. The summed E-state index contributed by atoms with van der Waals surface area (Å²) < 4.78 is 36.5. The van der Waals surface area contributed by atoms with Crippen molar-refractivity contribution in [3.05, 3.63) is 0 Å². The normalized spacial score (nSPS) is 21.4. The summed E-state index contributed by atoms with van der Waals surface area (Å²) in [6.07, 6.45) is 0.371. The summed E-state index contributed by atoms with van der Waals surface area (Å²) >= 11 is 0. The van der Waals surface area contributed by atoms with E-state index < -0.39 is 12.6 Å². The highest BCUT2D eigenvalue weighted by atomic mass is 19.4. The van der Waals surface area contributed by atoms with Gasteiger partial charge in [-0.2, -0.15) is 13.2 Å². The molecule has 0 aromatic heterocycles. The predicted octanol–water partition coefficient (Wildman–Crippen LogP) is 2.53. The molecule has 0 spiro atoms. The van der Waals surface area contributed by atoms with Crippen LogP contribution in [0, 0.1) is 0 Å². The van der Waals surface area contributed by atoms with Gasteiger partial charge in [0.05, 0.1) is 6.42 Å². The average molecular weight is 238 g/mol. The molecule has 0 bridgehead atoms. The summed E-state index contributed by atoms with van der Waals surface area (Å²) in [4.78, 5) is 1.82. The van der Waals surface area contributed by atoms with Crippen molar-refractivity contribution >= 4 is 0 Å². The van der Waals surface area contributed by atoms with Crippen LogP contribution in [0.2, 0.25) is 0 Å². The lowest BCUT2D eigenvalue weighted by molar-refractivity contribution is -0.140. The summed E-state index contributed by atoms with van der Waals surface area (Å²) in [7, 11) is 1.77. The highest BCUT2D eigenvalue weighted by Gasteiger charge is 2.36. The fraction of sp³-hybridized carbons (Fsp3) is 1.00. The maximum Gasteiger partial charge on any atom is 0.390 e. The van der Waals surface area contributed by atoms with E-state index in [0.29, 0.717) is 6.54 Å². The quantitative estimate of drug-likeness (QED) is 0.815. The van der Waals surface area contributed by atoms with Crippen molar-refractivity contribution in [2.45, 2.75) is 50.2 Å². The minimum absolute atomic E-state index is 0.0562. The summed E-state index contributed by atoms with van der Waals surface area (Å²) in [5, 5.41) is 0. The van der Waals surface area contributed by atoms with Gasteiger partial charge in [-0.25, -0.2) is 0 Å². The molecule has 1 saturated carbocycles. The number of likely N-dealkylation sites (N-methyl/N-ethyl adjacent to an activating group) is 1. The van der Waals surface area contributed by atoms with Crippen molar-refractivity contribution in [1.82, 2.24) is 4.90 Å². The zero-order chi connectivity index (χ0) is 12.2. The minimum Gasteiger partial charge on any atom is -0.329 e. The lowest BCUT2D eigenvalue weighted by Crippen LogP contribution is -2.53. The first kappa shape index (κ1) is 13.8. The highest BCUT2D eigenvalue weighted by Crippen LogP contribution is 2.33. The molecule has 0 atom stereocenters. The molecule has 0 amide bonds. The Kier molecular flexibility index (Phi) is 4.62. The van der Waals surface area contributed by atoms with Crippen molar-refractivity contribution in [2.24, 2.45) is 5.73 Å². The van der Waals surface area contributed by atoms with Crippen molar-refractivity contribution in [3.8, 4) is 0 Å². The third-order valence-electron chi connectivity index (χ3n) is 3.70. The topological polar surface area (TPSA) is 29.3 Å². The second kappa shape index (κ2) is 5.36. The molecule has 5 heteroatoms. The number of nitrogens with zero attached hydrogens (tertiary/aromatic N) is 1. The molecule has 0 heterocycles. The highest BCUT2D eigenvalue weighted by molar-refractivity contribution is 4.92. The molecule has 0 aliphatic heterocycles. The van der Waals surface area contributed by atoms with E-state index in [1.165, 1.54) is 6.42 Å². The Bertz CT molecular complexity index is 210. The molecule has 1 aliphatic carbocycles. The van der Waals surface area contributed by atoms with Crippen LogP contribution in [0.15, 0.2) is 0 Å². The second-order valence-corrected chi connectivity index (χ2v) is 4.78. The monoisotopic (exact) mass is 238 g/mol. The van der Waals surface area contributed by atoms with Crippen LogP contribution in [0.1, 0.15) is 38.5 Å². The molecular formula is C11H21F3N2. The van der Waals surface area contributed by atoms with E-state index in [2.05, 4.69) is 0 Å². The summed E-state index contributed by atoms with van der Waals surface area (Å²) in [6, 6.07) is 0. The summed E-state index contributed by atoms with van der Waals surface area (Å²) in [6.45, 7) is 0.516. The van der Waals surface area contributed by atoms with Crippen molar-refractivity contribution in [1.29, 1.82) is 0 Å². The van der Waals surface area contributed by atoms with Gasteiger partial charge in [0.25, 0.3) is 0 Å². The zero-order valence-corrected chi connectivity index (χ0v) is 9.82. The Morgan fingerprint density at radius 1 is 1.19 bits per heavy atom. The summed E-state index contributed by atoms with van der Waals surface area (Å²) in [5.41, 5.74) is 5.56. The van der Waals surface area contributed by atoms with Gasteiger partial charge in [0.1, 0.15) is 0 Å². The van der Waals surface area contributed by atoms with Crippen LogP contribution in [-0.4, -0.2) is 36.8 Å². The van der Waals surface area contributed by atoms with Gasteiger partial charge in [0, 0.05) is 18.6 Å². The number of hydrogen-bond donors (Lipinski definition) is 1. The molecule has 0 aromatic carbocycles. The molecule has 2 nitrogen and oxygen atoms in total. The van der Waals surface area contributed by atoms with E-state index in [1.807, 2.05) is 4.90 Å². The van der Waals surface area contributed by atoms with Gasteiger partial charge >= 0.3 is 6.18 Å². The first-order chi connectivity index (χ1) is 7.40. The van der Waals surface area contributed by atoms with Gasteiger partial charge in [-0.05, 0) is 19.9 Å². The van der Waals surface area contributed by atoms with Crippen LogP contribution in [-0.2, 0) is 0 Å². The Hall–Kier alpha value is -0.290. The minimum atomic E-state index is -4.07. The second-order valence-electron chi connectivity index (χ2n) is 4.78. The van der Waals surface area contributed by atoms with Gasteiger partial charge in [0.2, 0.25) is 0 Å². The van der Waals surface area contributed by atoms with Gasteiger partial charge < -0.3 is 5.73 Å². The summed E-state index contributed by atoms with van der Waals surface area (Å²) in [5.74, 6) is 0. The molecule has 0 radical (unpaired) electrons. The van der Waals surface area contributed by atoms with Crippen LogP contribution < -0.4 is 5.73 Å². The SMILES string of the molecule is CN(CCC(F)(F)F)C1(CN)CCCCC1. The van der Waals surface area contributed by atoms with Crippen molar-refractivity contribution in [3.63, 3.8) is 0 Å². The van der Waals surface area contributed by atoms with Crippen LogP contribution in [0.4, 0.5) is 13.2 Å². The molecule has 16 heavy (non-hydrogen) atoms. The van der Waals surface area contributed by atoms with E-state index in [9.17, 15) is 13.2 Å². The average Bonchev–Trinajstić information content (AvgIpc) is 2.25. The van der Waals surface area contributed by atoms with Gasteiger partial charge in [-0.1, -0.05) is 19.3 Å². The smallest absolute Gasteiger partial charge is 0.329 e. The molecule has 2 N–H and O–H groups in total. The van der Waals surface area contributed by atoms with E-state index in [1.54, 1.807) is 7.05 Å². The lowest BCUT2D eigenvalue weighted by Gasteiger charge is -2.44. The third-order valence-corrected chi connectivity index (χ3v) is 3.70. The molecule has 96 valence electrons. The van der Waals surface area contributed by atoms with Crippen LogP contribution >= 0.6 is 0 Å². The van der Waals surface area contributed by atoms with Crippen LogP contribution in [0.25, 0.3) is 0 Å². The molecule has 1 fully saturated rings. The van der Waals surface area contributed by atoms with E-state index in [0.717, 1.165) is 25.7 Å². The van der Waals surface area contributed by atoms with Gasteiger partial charge in [-0.15, -0.1) is 0 Å². The standard InChI is InChI=1S/C11H21F3N2/c1-16(8-7-11(12,13)14)10(9-15)5-3-2-4-6-10/h2-9,15H2,1H3. The van der Waals surface area contributed by atoms with Crippen molar-refractivity contribution < 1.29 is 13.2 Å². The third kappa shape index (κ3) is 3.63. The number of hydrogen-bond acceptors (Lipinski definition) is 2. The van der Waals surface area contributed by atoms with E-state index in [-0.39, 0.29) is 12.1 Å². The number of halogens is 3. The van der Waals surface area contributed by atoms with Crippen molar-refractivity contribution in [2.75, 3.05) is 20.1 Å². The lowest BCUT2D eigenvalue weighted by atomic mass is 9.80. The van der Waals surface area contributed by atoms with Gasteiger partial charge in [0.15, 0.2) is 0 Å². The Morgan fingerprint density at radius 3 is 2.19 bits per heavy atom. The van der Waals surface area contributed by atoms with E-state index in [4.69, 9.17) is 5.73 Å². The zero-order valence-electron chi connectivity index (χ0n) is 9.82. The maximum absolute atomic E-state index is 12.2. The molecule has 0 aromatic rings.